The maximum absolute atomic E-state index is 12.8. The molecule has 5 heteroatoms. The van der Waals surface area contributed by atoms with Gasteiger partial charge >= 0.3 is 0 Å². The largest absolute Gasteiger partial charge is 0.317 e. The van der Waals surface area contributed by atoms with E-state index in [1.807, 2.05) is 0 Å². The van der Waals surface area contributed by atoms with Crippen LogP contribution in [0, 0.1) is 0 Å². The lowest BCUT2D eigenvalue weighted by atomic mass is 9.92. The van der Waals surface area contributed by atoms with Crippen LogP contribution in [0.2, 0.25) is 0 Å². The highest BCUT2D eigenvalue weighted by atomic mass is 19.3. The number of nitrogens with zero attached hydrogens (tertiary/aromatic N) is 1. The van der Waals surface area contributed by atoms with Crippen molar-refractivity contribution in [1.82, 2.24) is 10.2 Å². The van der Waals surface area contributed by atoms with Crippen molar-refractivity contribution >= 4 is 10.9 Å². The number of nitrogens with two attached hydrogens (primary N) is 1. The molecule has 0 amide bonds. The molecular formula is C10H11F2N3. The van der Waals surface area contributed by atoms with Gasteiger partial charge in [0.1, 0.15) is 5.54 Å². The van der Waals surface area contributed by atoms with Crippen LogP contribution in [0.25, 0.3) is 10.9 Å². The number of rotatable bonds is 2. The van der Waals surface area contributed by atoms with Crippen molar-refractivity contribution in [2.24, 2.45) is 5.73 Å². The number of hydrogen-bond donors (Lipinski definition) is 2. The Bertz CT molecular complexity index is 476. The zero-order valence-corrected chi connectivity index (χ0v) is 8.17. The average molecular weight is 211 g/mol. The van der Waals surface area contributed by atoms with Crippen molar-refractivity contribution < 1.29 is 8.78 Å². The van der Waals surface area contributed by atoms with Crippen LogP contribution in [-0.4, -0.2) is 16.6 Å². The molecule has 3 nitrogen and oxygen atoms in total. The molecule has 0 saturated carbocycles. The summed E-state index contributed by atoms with van der Waals surface area (Å²) >= 11 is 0. The molecule has 3 N–H and O–H groups in total. The number of nitrogens with one attached hydrogen (secondary N) is 1. The molecule has 2 aromatic rings. The van der Waals surface area contributed by atoms with Gasteiger partial charge in [-0.25, -0.2) is 8.78 Å². The molecule has 1 aromatic carbocycles. The second-order valence-corrected chi connectivity index (χ2v) is 3.72. The van der Waals surface area contributed by atoms with Gasteiger partial charge in [0, 0.05) is 10.9 Å². The summed E-state index contributed by atoms with van der Waals surface area (Å²) < 4.78 is 25.5. The first-order valence-electron chi connectivity index (χ1n) is 4.53. The molecule has 0 radical (unpaired) electrons. The smallest absolute Gasteiger partial charge is 0.260 e. The predicted molar refractivity (Wildman–Crippen MR) is 53.6 cm³/mol. The van der Waals surface area contributed by atoms with Crippen LogP contribution in [0.5, 0.6) is 0 Å². The number of H-pyrrole nitrogens is 1. The van der Waals surface area contributed by atoms with Crippen molar-refractivity contribution in [2.45, 2.75) is 18.9 Å². The van der Waals surface area contributed by atoms with Crippen LogP contribution in [0.1, 0.15) is 12.5 Å². The van der Waals surface area contributed by atoms with E-state index in [9.17, 15) is 8.78 Å². The minimum Gasteiger partial charge on any atom is -0.317 e. The lowest BCUT2D eigenvalue weighted by Crippen LogP contribution is -2.40. The van der Waals surface area contributed by atoms with Crippen molar-refractivity contribution in [2.75, 3.05) is 0 Å². The fraction of sp³-hybridized carbons (Fsp3) is 0.300. The van der Waals surface area contributed by atoms with Crippen LogP contribution in [0.15, 0.2) is 24.4 Å². The molecule has 0 saturated heterocycles. The van der Waals surface area contributed by atoms with E-state index in [0.29, 0.717) is 11.1 Å². The van der Waals surface area contributed by atoms with Gasteiger partial charge in [0.25, 0.3) is 6.43 Å². The van der Waals surface area contributed by atoms with Crippen molar-refractivity contribution in [3.05, 3.63) is 30.0 Å². The highest BCUT2D eigenvalue weighted by Crippen LogP contribution is 2.29. The number of hydrogen-bond acceptors (Lipinski definition) is 2. The number of aromatic nitrogens is 2. The van der Waals surface area contributed by atoms with Crippen LogP contribution in [-0.2, 0) is 5.54 Å². The first kappa shape index (κ1) is 10.0. The predicted octanol–water partition coefficient (Wildman–Crippen LogP) is 2.00. The molecule has 1 heterocycles. The number of fused-ring (bicyclic) bond motifs is 1. The highest BCUT2D eigenvalue weighted by Gasteiger charge is 2.34. The van der Waals surface area contributed by atoms with E-state index in [1.165, 1.54) is 6.92 Å². The Kier molecular flexibility index (Phi) is 2.19. The van der Waals surface area contributed by atoms with E-state index in [2.05, 4.69) is 10.2 Å². The zero-order chi connectivity index (χ0) is 11.1. The maximum atomic E-state index is 12.8. The SMILES string of the molecule is CC(N)(c1cccc2cn[nH]c12)C(F)F. The van der Waals surface area contributed by atoms with Gasteiger partial charge in [0.05, 0.1) is 11.7 Å². The summed E-state index contributed by atoms with van der Waals surface area (Å²) in [6.07, 6.45) is -1.04. The third kappa shape index (κ3) is 1.48. The van der Waals surface area contributed by atoms with Crippen molar-refractivity contribution in [1.29, 1.82) is 0 Å². The number of aromatic amines is 1. The van der Waals surface area contributed by atoms with E-state index < -0.39 is 12.0 Å². The van der Waals surface area contributed by atoms with Crippen LogP contribution < -0.4 is 5.73 Å². The topological polar surface area (TPSA) is 54.7 Å². The van der Waals surface area contributed by atoms with Gasteiger partial charge in [-0.15, -0.1) is 0 Å². The first-order valence-corrected chi connectivity index (χ1v) is 4.53. The Hall–Kier alpha value is -1.49. The van der Waals surface area contributed by atoms with Crippen LogP contribution >= 0.6 is 0 Å². The number of halogens is 2. The number of alkyl halides is 2. The summed E-state index contributed by atoms with van der Waals surface area (Å²) in [6, 6.07) is 5.08. The lowest BCUT2D eigenvalue weighted by molar-refractivity contribution is 0.0632. The minimum absolute atomic E-state index is 0.382. The second kappa shape index (κ2) is 3.27. The van der Waals surface area contributed by atoms with Crippen LogP contribution in [0.4, 0.5) is 8.78 Å². The highest BCUT2D eigenvalue weighted by molar-refractivity contribution is 5.82. The third-order valence-electron chi connectivity index (χ3n) is 2.51. The van der Waals surface area contributed by atoms with E-state index in [1.54, 1.807) is 24.4 Å². The monoisotopic (exact) mass is 211 g/mol. The Balaban J connectivity index is 2.65. The molecule has 80 valence electrons. The van der Waals surface area contributed by atoms with Crippen molar-refractivity contribution in [3.8, 4) is 0 Å². The van der Waals surface area contributed by atoms with E-state index in [4.69, 9.17) is 5.73 Å². The van der Waals surface area contributed by atoms with Gasteiger partial charge < -0.3 is 5.73 Å². The summed E-state index contributed by atoms with van der Waals surface area (Å²) in [4.78, 5) is 0. The maximum Gasteiger partial charge on any atom is 0.260 e. The Morgan fingerprint density at radius 2 is 2.20 bits per heavy atom. The summed E-state index contributed by atoms with van der Waals surface area (Å²) in [6.45, 7) is 1.31. The quantitative estimate of drug-likeness (QED) is 0.798. The van der Waals surface area contributed by atoms with Gasteiger partial charge in [-0.1, -0.05) is 18.2 Å². The Morgan fingerprint density at radius 1 is 1.47 bits per heavy atom. The van der Waals surface area contributed by atoms with E-state index in [0.717, 1.165) is 5.39 Å². The van der Waals surface area contributed by atoms with Crippen LogP contribution in [0.3, 0.4) is 0 Å². The van der Waals surface area contributed by atoms with Gasteiger partial charge in [0.2, 0.25) is 0 Å². The molecule has 2 rings (SSSR count). The van der Waals surface area contributed by atoms with E-state index in [-0.39, 0.29) is 0 Å². The molecule has 15 heavy (non-hydrogen) atoms. The minimum atomic E-state index is -2.62. The van der Waals surface area contributed by atoms with E-state index >= 15 is 0 Å². The summed E-state index contributed by atoms with van der Waals surface area (Å²) in [5, 5.41) is 7.28. The third-order valence-corrected chi connectivity index (χ3v) is 2.51. The molecule has 1 unspecified atom stereocenters. The molecule has 0 aliphatic rings. The fourth-order valence-electron chi connectivity index (χ4n) is 1.54. The van der Waals surface area contributed by atoms with Gasteiger partial charge in [-0.3, -0.25) is 5.10 Å². The molecule has 0 bridgehead atoms. The van der Waals surface area contributed by atoms with Crippen molar-refractivity contribution in [3.63, 3.8) is 0 Å². The first-order chi connectivity index (χ1) is 7.03. The summed E-state index contributed by atoms with van der Waals surface area (Å²) in [5.41, 5.74) is 4.90. The zero-order valence-electron chi connectivity index (χ0n) is 8.17. The number of para-hydroxylation sites is 1. The van der Waals surface area contributed by atoms with Gasteiger partial charge in [0.15, 0.2) is 0 Å². The average Bonchev–Trinajstić information content (AvgIpc) is 2.64. The molecule has 0 fully saturated rings. The standard InChI is InChI=1S/C10H11F2N3/c1-10(13,9(11)12)7-4-2-3-6-5-14-15-8(6)7/h2-5,9H,13H2,1H3,(H,14,15). The molecule has 1 atom stereocenters. The fourth-order valence-corrected chi connectivity index (χ4v) is 1.54. The Labute approximate surface area is 85.3 Å². The molecule has 0 aliphatic heterocycles. The molecule has 0 aliphatic carbocycles. The summed E-state index contributed by atoms with van der Waals surface area (Å²) in [7, 11) is 0. The molecule has 0 spiro atoms. The second-order valence-electron chi connectivity index (χ2n) is 3.72. The van der Waals surface area contributed by atoms with Gasteiger partial charge in [-0.2, -0.15) is 5.10 Å². The number of benzene rings is 1. The summed E-state index contributed by atoms with van der Waals surface area (Å²) in [5.74, 6) is 0. The molecule has 1 aromatic heterocycles. The molecular weight excluding hydrogens is 200 g/mol. The Morgan fingerprint density at radius 3 is 2.87 bits per heavy atom. The lowest BCUT2D eigenvalue weighted by Gasteiger charge is -2.24. The van der Waals surface area contributed by atoms with Gasteiger partial charge in [-0.05, 0) is 6.92 Å². The normalized spacial score (nSPS) is 15.8.